The van der Waals surface area contributed by atoms with Gasteiger partial charge in [0.2, 0.25) is 0 Å². The lowest BCUT2D eigenvalue weighted by Crippen LogP contribution is -2.61. The number of piperidine rings is 3. The number of ether oxygens (including phenoxy) is 1. The molecule has 0 spiro atoms. The van der Waals surface area contributed by atoms with Crippen molar-refractivity contribution in [3.63, 3.8) is 0 Å². The van der Waals surface area contributed by atoms with E-state index in [9.17, 15) is 4.79 Å². The van der Waals surface area contributed by atoms with Crippen molar-refractivity contribution < 1.29 is 9.53 Å². The minimum Gasteiger partial charge on any atom is -0.445 e. The van der Waals surface area contributed by atoms with Crippen molar-refractivity contribution in [2.45, 2.75) is 25.9 Å². The number of benzene rings is 1. The van der Waals surface area contributed by atoms with Gasteiger partial charge >= 0.3 is 6.09 Å². The van der Waals surface area contributed by atoms with Crippen LogP contribution in [0.3, 0.4) is 0 Å². The van der Waals surface area contributed by atoms with E-state index in [4.69, 9.17) is 4.74 Å². The number of hydrogen-bond donors (Lipinski definition) is 1. The molecule has 1 N–H and O–H groups in total. The van der Waals surface area contributed by atoms with Crippen LogP contribution in [0.4, 0.5) is 10.6 Å². The summed E-state index contributed by atoms with van der Waals surface area (Å²) in [6.45, 7) is 5.36. The molecule has 1 aromatic heterocycles. The van der Waals surface area contributed by atoms with Gasteiger partial charge in [-0.25, -0.2) is 9.78 Å². The normalized spacial score (nSPS) is 30.6. The third-order valence-electron chi connectivity index (χ3n) is 5.94. The van der Waals surface area contributed by atoms with Crippen LogP contribution in [-0.2, 0) is 4.74 Å². The molecule has 4 bridgehead atoms. The van der Waals surface area contributed by atoms with Crippen LogP contribution in [0.5, 0.6) is 0 Å². The van der Waals surface area contributed by atoms with E-state index in [1.807, 2.05) is 37.3 Å². The SMILES string of the molecule is Cc1nc(NC(=O)OC2C3CC4CC2CN(C4)C3)c(-c2ccccc2)s1.Cl. The molecule has 1 saturated carbocycles. The molecule has 5 nitrogen and oxygen atoms in total. The Balaban J connectivity index is 0.00000180. The summed E-state index contributed by atoms with van der Waals surface area (Å²) in [6, 6.07) is 10.1. The third-order valence-corrected chi connectivity index (χ3v) is 6.96. The van der Waals surface area contributed by atoms with Crippen molar-refractivity contribution in [3.05, 3.63) is 35.3 Å². The molecule has 1 aliphatic carbocycles. The molecule has 4 fully saturated rings. The number of amides is 1. The maximum atomic E-state index is 12.6. The maximum Gasteiger partial charge on any atom is 0.413 e. The highest BCUT2D eigenvalue weighted by Crippen LogP contribution is 2.45. The fraction of sp³-hybridized carbons (Fsp3) is 0.500. The van der Waals surface area contributed by atoms with Gasteiger partial charge < -0.3 is 9.64 Å². The zero-order valence-electron chi connectivity index (χ0n) is 15.3. The standard InChI is InChI=1S/C20H23N3O2S.ClH/c1-12-21-19(18(26-12)14-5-3-2-4-6-14)22-20(24)25-17-15-7-13-8-16(17)11-23(9-13)10-15;/h2-6,13,15-17H,7-11H2,1H3,(H,22,24);1H. The monoisotopic (exact) mass is 405 g/mol. The number of halogens is 1. The molecule has 4 heterocycles. The predicted molar refractivity (Wildman–Crippen MR) is 110 cm³/mol. The fourth-order valence-electron chi connectivity index (χ4n) is 5.10. The molecular weight excluding hydrogens is 382 g/mol. The first-order valence-electron chi connectivity index (χ1n) is 9.38. The second kappa shape index (κ2) is 7.41. The Labute approximate surface area is 169 Å². The number of nitrogens with zero attached hydrogens (tertiary/aromatic N) is 2. The Hall–Kier alpha value is -1.63. The highest BCUT2D eigenvalue weighted by molar-refractivity contribution is 7.15. The average Bonchev–Trinajstić information content (AvgIpc) is 2.98. The van der Waals surface area contributed by atoms with Crippen LogP contribution >= 0.6 is 23.7 Å². The number of aromatic nitrogens is 1. The number of anilines is 1. The molecule has 2 aromatic rings. The molecule has 3 saturated heterocycles. The van der Waals surface area contributed by atoms with Crippen molar-refractivity contribution in [2.24, 2.45) is 17.8 Å². The van der Waals surface area contributed by atoms with E-state index in [1.54, 1.807) is 11.3 Å². The molecule has 0 radical (unpaired) electrons. The van der Waals surface area contributed by atoms with Crippen molar-refractivity contribution in [1.82, 2.24) is 9.88 Å². The second-order valence-electron chi connectivity index (χ2n) is 7.85. The van der Waals surface area contributed by atoms with Crippen LogP contribution in [0.25, 0.3) is 10.4 Å². The lowest BCUT2D eigenvalue weighted by molar-refractivity contribution is -0.110. The van der Waals surface area contributed by atoms with E-state index in [1.165, 1.54) is 19.4 Å². The Bertz CT molecular complexity index is 798. The van der Waals surface area contributed by atoms with Gasteiger partial charge in [0.1, 0.15) is 6.10 Å². The number of carbonyl (C=O) groups is 1. The summed E-state index contributed by atoms with van der Waals surface area (Å²) in [4.78, 5) is 20.7. The van der Waals surface area contributed by atoms with Gasteiger partial charge in [0.25, 0.3) is 0 Å². The van der Waals surface area contributed by atoms with E-state index in [-0.39, 0.29) is 24.6 Å². The number of rotatable bonds is 3. The number of thiazole rings is 1. The van der Waals surface area contributed by atoms with E-state index in [0.717, 1.165) is 34.5 Å². The second-order valence-corrected chi connectivity index (χ2v) is 9.05. The molecule has 4 aliphatic rings. The smallest absolute Gasteiger partial charge is 0.413 e. The summed E-state index contributed by atoms with van der Waals surface area (Å²) >= 11 is 1.59. The Morgan fingerprint density at radius 3 is 2.56 bits per heavy atom. The number of carbonyl (C=O) groups excluding carboxylic acids is 1. The van der Waals surface area contributed by atoms with Gasteiger partial charge in [-0.3, -0.25) is 5.32 Å². The molecule has 144 valence electrons. The van der Waals surface area contributed by atoms with Crippen LogP contribution < -0.4 is 5.32 Å². The maximum absolute atomic E-state index is 12.6. The van der Waals surface area contributed by atoms with Gasteiger partial charge in [-0.15, -0.1) is 23.7 Å². The largest absolute Gasteiger partial charge is 0.445 e. The first kappa shape index (κ1) is 18.7. The highest BCUT2D eigenvalue weighted by atomic mass is 35.5. The molecule has 2 unspecified atom stereocenters. The molecule has 3 aliphatic heterocycles. The Morgan fingerprint density at radius 2 is 1.89 bits per heavy atom. The van der Waals surface area contributed by atoms with Gasteiger partial charge in [0.05, 0.1) is 9.88 Å². The lowest BCUT2D eigenvalue weighted by atomic mass is 9.66. The minimum absolute atomic E-state index is 0. The van der Waals surface area contributed by atoms with Crippen molar-refractivity contribution >= 4 is 35.7 Å². The van der Waals surface area contributed by atoms with Crippen LogP contribution in [0.15, 0.2) is 30.3 Å². The number of hydrogen-bond acceptors (Lipinski definition) is 5. The van der Waals surface area contributed by atoms with E-state index in [2.05, 4.69) is 15.2 Å². The van der Waals surface area contributed by atoms with Crippen molar-refractivity contribution in [2.75, 3.05) is 25.0 Å². The molecule has 2 atom stereocenters. The zero-order valence-corrected chi connectivity index (χ0v) is 16.9. The fourth-order valence-corrected chi connectivity index (χ4v) is 5.98. The van der Waals surface area contributed by atoms with Crippen LogP contribution in [0, 0.1) is 24.7 Å². The summed E-state index contributed by atoms with van der Waals surface area (Å²) < 4.78 is 5.92. The minimum atomic E-state index is -0.361. The predicted octanol–water partition coefficient (Wildman–Crippen LogP) is 4.43. The van der Waals surface area contributed by atoms with Crippen molar-refractivity contribution in [3.8, 4) is 10.4 Å². The van der Waals surface area contributed by atoms with Gasteiger partial charge in [-0.1, -0.05) is 30.3 Å². The Morgan fingerprint density at radius 1 is 1.19 bits per heavy atom. The van der Waals surface area contributed by atoms with Crippen LogP contribution in [0.2, 0.25) is 0 Å². The molecule has 1 aromatic carbocycles. The van der Waals surface area contributed by atoms with Crippen LogP contribution in [0.1, 0.15) is 17.8 Å². The van der Waals surface area contributed by atoms with E-state index in [0.29, 0.717) is 17.7 Å². The molecule has 6 rings (SSSR count). The average molecular weight is 406 g/mol. The highest BCUT2D eigenvalue weighted by Gasteiger charge is 2.49. The summed E-state index contributed by atoms with van der Waals surface area (Å²) in [5, 5.41) is 3.85. The van der Waals surface area contributed by atoms with Gasteiger partial charge in [-0.05, 0) is 31.2 Å². The molecule has 1 amide bonds. The summed E-state index contributed by atoms with van der Waals surface area (Å²) in [7, 11) is 0. The lowest BCUT2D eigenvalue weighted by Gasteiger charge is -2.54. The summed E-state index contributed by atoms with van der Waals surface area (Å²) in [5.41, 5.74) is 1.07. The Kier molecular flexibility index (Phi) is 5.14. The summed E-state index contributed by atoms with van der Waals surface area (Å²) in [5.74, 6) is 2.41. The summed E-state index contributed by atoms with van der Waals surface area (Å²) in [6.07, 6.45) is 2.11. The van der Waals surface area contributed by atoms with Gasteiger partial charge in [-0.2, -0.15) is 0 Å². The third kappa shape index (κ3) is 3.58. The number of nitrogens with one attached hydrogen (secondary N) is 1. The first-order chi connectivity index (χ1) is 12.7. The van der Waals surface area contributed by atoms with Crippen LogP contribution in [-0.4, -0.2) is 41.7 Å². The van der Waals surface area contributed by atoms with Gasteiger partial charge in [0.15, 0.2) is 5.82 Å². The molecule has 27 heavy (non-hydrogen) atoms. The quantitative estimate of drug-likeness (QED) is 0.820. The van der Waals surface area contributed by atoms with E-state index >= 15 is 0 Å². The topological polar surface area (TPSA) is 54.5 Å². The van der Waals surface area contributed by atoms with Crippen molar-refractivity contribution in [1.29, 1.82) is 0 Å². The van der Waals surface area contributed by atoms with Gasteiger partial charge in [0, 0.05) is 31.5 Å². The van der Waals surface area contributed by atoms with E-state index < -0.39 is 0 Å². The zero-order chi connectivity index (χ0) is 17.7. The molecular formula is C20H24ClN3O2S. The number of aryl methyl sites for hydroxylation is 1. The molecule has 7 heteroatoms. The first-order valence-corrected chi connectivity index (χ1v) is 10.2.